The zero-order valence-corrected chi connectivity index (χ0v) is 10.5. The van der Waals surface area contributed by atoms with Gasteiger partial charge in [-0.05, 0) is 19.4 Å². The summed E-state index contributed by atoms with van der Waals surface area (Å²) in [5.74, 6) is 1.52. The molecule has 1 atom stereocenters. The van der Waals surface area contributed by atoms with Gasteiger partial charge in [-0.15, -0.1) is 0 Å². The van der Waals surface area contributed by atoms with Crippen molar-refractivity contribution in [3.8, 4) is 11.5 Å². The molecular weight excluding hydrogens is 232 g/mol. The van der Waals surface area contributed by atoms with Gasteiger partial charge < -0.3 is 9.63 Å². The molecule has 2 rings (SSSR count). The molecule has 2 aromatic heterocycles. The number of aliphatic hydroxyl groups excluding tert-OH is 1. The first kappa shape index (κ1) is 12.6. The summed E-state index contributed by atoms with van der Waals surface area (Å²) >= 11 is 0. The van der Waals surface area contributed by atoms with Gasteiger partial charge in [0.15, 0.2) is 0 Å². The van der Waals surface area contributed by atoms with Crippen molar-refractivity contribution in [2.45, 2.75) is 39.2 Å². The molecule has 1 N–H and O–H groups in total. The van der Waals surface area contributed by atoms with Gasteiger partial charge in [0.05, 0.1) is 12.5 Å². The smallest absolute Gasteiger partial charge is 0.229 e. The summed E-state index contributed by atoms with van der Waals surface area (Å²) in [6.07, 6.45) is 3.25. The Morgan fingerprint density at radius 1 is 1.39 bits per heavy atom. The van der Waals surface area contributed by atoms with Gasteiger partial charge in [0.1, 0.15) is 11.5 Å². The van der Waals surface area contributed by atoms with Crippen LogP contribution in [0.15, 0.2) is 16.8 Å². The molecule has 6 nitrogen and oxygen atoms in total. The van der Waals surface area contributed by atoms with E-state index in [1.165, 1.54) is 0 Å². The average Bonchev–Trinajstić information content (AvgIpc) is 2.78. The topological polar surface area (TPSA) is 84.9 Å². The lowest BCUT2D eigenvalue weighted by molar-refractivity contribution is 0.152. The molecule has 0 amide bonds. The molecular formula is C12H16N4O2. The maximum absolute atomic E-state index is 9.67. The fourth-order valence-corrected chi connectivity index (χ4v) is 1.66. The molecule has 0 aliphatic heterocycles. The van der Waals surface area contributed by atoms with Crippen molar-refractivity contribution in [3.05, 3.63) is 24.0 Å². The van der Waals surface area contributed by atoms with Crippen LogP contribution in [0.25, 0.3) is 11.5 Å². The number of aromatic nitrogens is 4. The Hall–Kier alpha value is -1.82. The van der Waals surface area contributed by atoms with Crippen LogP contribution in [0, 0.1) is 6.92 Å². The van der Waals surface area contributed by atoms with Crippen LogP contribution in [0.1, 0.15) is 31.5 Å². The lowest BCUT2D eigenvalue weighted by Crippen LogP contribution is -2.09. The molecule has 0 aliphatic carbocycles. The molecule has 0 saturated carbocycles. The van der Waals surface area contributed by atoms with E-state index in [1.807, 2.05) is 6.92 Å². The predicted molar refractivity (Wildman–Crippen MR) is 64.7 cm³/mol. The monoisotopic (exact) mass is 248 g/mol. The minimum atomic E-state index is -0.435. The maximum Gasteiger partial charge on any atom is 0.229 e. The van der Waals surface area contributed by atoms with Gasteiger partial charge in [0.2, 0.25) is 11.7 Å². The highest BCUT2D eigenvalue weighted by Gasteiger charge is 2.13. The molecule has 0 radical (unpaired) electrons. The SMILES string of the molecule is CCCC(O)Cc1nc(-c2ccnc(C)n2)no1. The number of hydrogen-bond donors (Lipinski definition) is 1. The summed E-state index contributed by atoms with van der Waals surface area (Å²) in [5, 5.41) is 13.5. The number of aliphatic hydroxyl groups is 1. The highest BCUT2D eigenvalue weighted by molar-refractivity contribution is 5.46. The lowest BCUT2D eigenvalue weighted by atomic mass is 10.1. The van der Waals surface area contributed by atoms with Gasteiger partial charge in [-0.2, -0.15) is 4.98 Å². The van der Waals surface area contributed by atoms with Crippen molar-refractivity contribution in [3.63, 3.8) is 0 Å². The first-order valence-corrected chi connectivity index (χ1v) is 5.99. The summed E-state index contributed by atoms with van der Waals surface area (Å²) in [5.41, 5.74) is 0.627. The van der Waals surface area contributed by atoms with Crippen LogP contribution < -0.4 is 0 Å². The van der Waals surface area contributed by atoms with Crippen molar-refractivity contribution in [1.82, 2.24) is 20.1 Å². The van der Waals surface area contributed by atoms with Gasteiger partial charge >= 0.3 is 0 Å². The molecule has 0 saturated heterocycles. The molecule has 96 valence electrons. The van der Waals surface area contributed by atoms with E-state index in [9.17, 15) is 5.11 Å². The first-order valence-electron chi connectivity index (χ1n) is 5.99. The van der Waals surface area contributed by atoms with Crippen LogP contribution in [0.5, 0.6) is 0 Å². The van der Waals surface area contributed by atoms with Crippen LogP contribution in [0.2, 0.25) is 0 Å². The molecule has 0 aliphatic rings. The third-order valence-electron chi connectivity index (χ3n) is 2.51. The molecule has 18 heavy (non-hydrogen) atoms. The van der Waals surface area contributed by atoms with E-state index < -0.39 is 6.10 Å². The van der Waals surface area contributed by atoms with Gasteiger partial charge in [0.25, 0.3) is 0 Å². The lowest BCUT2D eigenvalue weighted by Gasteiger charge is -2.03. The predicted octanol–water partition coefficient (Wildman–Crippen LogP) is 1.54. The van der Waals surface area contributed by atoms with E-state index in [0.29, 0.717) is 29.7 Å². The minimum Gasteiger partial charge on any atom is -0.393 e. The van der Waals surface area contributed by atoms with Crippen molar-refractivity contribution >= 4 is 0 Å². The number of aryl methyl sites for hydroxylation is 1. The Morgan fingerprint density at radius 2 is 2.22 bits per heavy atom. The number of rotatable bonds is 5. The van der Waals surface area contributed by atoms with Gasteiger partial charge in [-0.3, -0.25) is 0 Å². The standard InChI is InChI=1S/C12H16N4O2/c1-3-4-9(17)7-11-15-12(16-18-11)10-5-6-13-8(2)14-10/h5-6,9,17H,3-4,7H2,1-2H3. The van der Waals surface area contributed by atoms with Gasteiger partial charge in [-0.1, -0.05) is 18.5 Å². The summed E-state index contributed by atoms with van der Waals surface area (Å²) < 4.78 is 5.09. The van der Waals surface area contributed by atoms with Crippen LogP contribution in [0.3, 0.4) is 0 Å². The molecule has 6 heteroatoms. The normalized spacial score (nSPS) is 12.6. The van der Waals surface area contributed by atoms with Crippen molar-refractivity contribution in [2.24, 2.45) is 0 Å². The second-order valence-corrected chi connectivity index (χ2v) is 4.15. The average molecular weight is 248 g/mol. The summed E-state index contributed by atoms with van der Waals surface area (Å²) in [6.45, 7) is 3.82. The Balaban J connectivity index is 2.10. The molecule has 0 spiro atoms. The molecule has 0 fully saturated rings. The van der Waals surface area contributed by atoms with E-state index in [-0.39, 0.29) is 0 Å². The van der Waals surface area contributed by atoms with Crippen LogP contribution >= 0.6 is 0 Å². The van der Waals surface area contributed by atoms with E-state index in [4.69, 9.17) is 4.52 Å². The highest BCUT2D eigenvalue weighted by Crippen LogP contribution is 2.14. The van der Waals surface area contributed by atoms with E-state index in [0.717, 1.165) is 12.8 Å². The fraction of sp³-hybridized carbons (Fsp3) is 0.500. The minimum absolute atomic E-state index is 0.380. The summed E-state index contributed by atoms with van der Waals surface area (Å²) in [7, 11) is 0. The van der Waals surface area contributed by atoms with E-state index in [1.54, 1.807) is 19.2 Å². The Labute approximate surface area is 105 Å². The van der Waals surface area contributed by atoms with Gasteiger partial charge in [-0.25, -0.2) is 9.97 Å². The van der Waals surface area contributed by atoms with Crippen LogP contribution in [-0.4, -0.2) is 31.3 Å². The largest absolute Gasteiger partial charge is 0.393 e. The number of hydrogen-bond acceptors (Lipinski definition) is 6. The molecule has 0 aromatic carbocycles. The fourth-order valence-electron chi connectivity index (χ4n) is 1.66. The molecule has 2 aromatic rings. The van der Waals surface area contributed by atoms with Crippen molar-refractivity contribution in [1.29, 1.82) is 0 Å². The summed E-state index contributed by atoms with van der Waals surface area (Å²) in [6, 6.07) is 1.73. The molecule has 2 heterocycles. The third kappa shape index (κ3) is 3.10. The second-order valence-electron chi connectivity index (χ2n) is 4.15. The van der Waals surface area contributed by atoms with E-state index >= 15 is 0 Å². The van der Waals surface area contributed by atoms with Crippen molar-refractivity contribution < 1.29 is 9.63 Å². The Kier molecular flexibility index (Phi) is 3.99. The first-order chi connectivity index (χ1) is 8.69. The second kappa shape index (κ2) is 5.68. The Bertz CT molecular complexity index is 512. The van der Waals surface area contributed by atoms with Crippen LogP contribution in [-0.2, 0) is 6.42 Å². The van der Waals surface area contributed by atoms with E-state index in [2.05, 4.69) is 20.1 Å². The third-order valence-corrected chi connectivity index (χ3v) is 2.51. The maximum atomic E-state index is 9.67. The molecule has 0 bridgehead atoms. The molecule has 1 unspecified atom stereocenters. The summed E-state index contributed by atoms with van der Waals surface area (Å²) in [4.78, 5) is 12.4. The zero-order chi connectivity index (χ0) is 13.0. The highest BCUT2D eigenvalue weighted by atomic mass is 16.5. The number of nitrogens with zero attached hydrogens (tertiary/aromatic N) is 4. The van der Waals surface area contributed by atoms with Crippen molar-refractivity contribution in [2.75, 3.05) is 0 Å². The van der Waals surface area contributed by atoms with Gasteiger partial charge in [0, 0.05) is 6.20 Å². The quantitative estimate of drug-likeness (QED) is 0.863. The van der Waals surface area contributed by atoms with Crippen LogP contribution in [0.4, 0.5) is 0 Å². The Morgan fingerprint density at radius 3 is 2.94 bits per heavy atom. The zero-order valence-electron chi connectivity index (χ0n) is 10.5.